The van der Waals surface area contributed by atoms with Crippen molar-refractivity contribution in [2.24, 2.45) is 0 Å². The average Bonchev–Trinajstić information content (AvgIpc) is 2.59. The summed E-state index contributed by atoms with van der Waals surface area (Å²) < 4.78 is 0. The number of benzene rings is 2. The second-order valence-corrected chi connectivity index (χ2v) is 7.29. The SMILES string of the molecule is CC(C)Sc1ccc(C(=O)NCC(=O)NCc2ccccc2)cc1. The van der Waals surface area contributed by atoms with Crippen molar-refractivity contribution < 1.29 is 9.59 Å². The molecule has 24 heavy (non-hydrogen) atoms. The Morgan fingerprint density at radius 2 is 1.62 bits per heavy atom. The van der Waals surface area contributed by atoms with E-state index < -0.39 is 0 Å². The molecule has 2 aromatic rings. The van der Waals surface area contributed by atoms with E-state index in [0.29, 0.717) is 17.4 Å². The van der Waals surface area contributed by atoms with Gasteiger partial charge in [-0.05, 0) is 29.8 Å². The van der Waals surface area contributed by atoms with Crippen LogP contribution in [0.15, 0.2) is 59.5 Å². The van der Waals surface area contributed by atoms with Gasteiger partial charge in [0, 0.05) is 22.3 Å². The molecule has 0 aliphatic heterocycles. The normalized spacial score (nSPS) is 10.5. The number of rotatable bonds is 7. The molecule has 5 heteroatoms. The Kier molecular flexibility index (Phi) is 6.88. The minimum Gasteiger partial charge on any atom is -0.350 e. The molecule has 0 aliphatic carbocycles. The highest BCUT2D eigenvalue weighted by molar-refractivity contribution is 7.99. The first-order chi connectivity index (χ1) is 11.5. The summed E-state index contributed by atoms with van der Waals surface area (Å²) in [5.74, 6) is -0.454. The van der Waals surface area contributed by atoms with Crippen molar-refractivity contribution in [3.05, 3.63) is 65.7 Å². The molecule has 0 bridgehead atoms. The fraction of sp³-hybridized carbons (Fsp3) is 0.263. The number of amides is 2. The fourth-order valence-corrected chi connectivity index (χ4v) is 2.92. The maximum absolute atomic E-state index is 12.1. The van der Waals surface area contributed by atoms with Crippen molar-refractivity contribution in [3.8, 4) is 0 Å². The Morgan fingerprint density at radius 3 is 2.25 bits per heavy atom. The zero-order chi connectivity index (χ0) is 17.4. The quantitative estimate of drug-likeness (QED) is 0.760. The molecule has 0 unspecified atom stereocenters. The van der Waals surface area contributed by atoms with Gasteiger partial charge in [-0.2, -0.15) is 0 Å². The lowest BCUT2D eigenvalue weighted by Gasteiger charge is -2.08. The fourth-order valence-electron chi connectivity index (χ4n) is 2.08. The zero-order valence-corrected chi connectivity index (χ0v) is 14.7. The molecule has 2 aromatic carbocycles. The lowest BCUT2D eigenvalue weighted by atomic mass is 10.2. The second-order valence-electron chi connectivity index (χ2n) is 5.64. The van der Waals surface area contributed by atoms with Crippen LogP contribution in [0.1, 0.15) is 29.8 Å². The summed E-state index contributed by atoms with van der Waals surface area (Å²) in [6, 6.07) is 17.1. The maximum Gasteiger partial charge on any atom is 0.251 e. The predicted octanol–water partition coefficient (Wildman–Crippen LogP) is 3.23. The Labute approximate surface area is 147 Å². The topological polar surface area (TPSA) is 58.2 Å². The van der Waals surface area contributed by atoms with Crippen molar-refractivity contribution in [1.82, 2.24) is 10.6 Å². The van der Waals surface area contributed by atoms with Gasteiger partial charge in [0.05, 0.1) is 6.54 Å². The molecule has 126 valence electrons. The van der Waals surface area contributed by atoms with E-state index in [4.69, 9.17) is 0 Å². The van der Waals surface area contributed by atoms with Crippen LogP contribution in [0.3, 0.4) is 0 Å². The highest BCUT2D eigenvalue weighted by Gasteiger charge is 2.08. The molecule has 0 spiro atoms. The van der Waals surface area contributed by atoms with Crippen molar-refractivity contribution in [2.75, 3.05) is 6.54 Å². The minimum atomic E-state index is -0.244. The van der Waals surface area contributed by atoms with Crippen molar-refractivity contribution in [3.63, 3.8) is 0 Å². The maximum atomic E-state index is 12.1. The number of hydrogen-bond donors (Lipinski definition) is 2. The van der Waals surface area contributed by atoms with Crippen LogP contribution in [-0.4, -0.2) is 23.6 Å². The van der Waals surface area contributed by atoms with Crippen LogP contribution in [0.4, 0.5) is 0 Å². The van der Waals surface area contributed by atoms with Crippen LogP contribution in [-0.2, 0) is 11.3 Å². The zero-order valence-electron chi connectivity index (χ0n) is 13.9. The molecule has 2 amide bonds. The number of carbonyl (C=O) groups excluding carboxylic acids is 2. The molecule has 0 fully saturated rings. The van der Waals surface area contributed by atoms with Crippen LogP contribution < -0.4 is 10.6 Å². The average molecular weight is 342 g/mol. The van der Waals surface area contributed by atoms with E-state index in [9.17, 15) is 9.59 Å². The number of hydrogen-bond acceptors (Lipinski definition) is 3. The number of thioether (sulfide) groups is 1. The third-order valence-corrected chi connectivity index (χ3v) is 4.25. The van der Waals surface area contributed by atoms with Gasteiger partial charge in [0.1, 0.15) is 0 Å². The standard InChI is InChI=1S/C19H22N2O2S/c1-14(2)24-17-10-8-16(9-11-17)19(23)21-13-18(22)20-12-15-6-4-3-5-7-15/h3-11,14H,12-13H2,1-2H3,(H,20,22)(H,21,23). The lowest BCUT2D eigenvalue weighted by molar-refractivity contribution is -0.120. The van der Waals surface area contributed by atoms with Gasteiger partial charge in [-0.15, -0.1) is 11.8 Å². The highest BCUT2D eigenvalue weighted by Crippen LogP contribution is 2.22. The van der Waals surface area contributed by atoms with E-state index in [1.807, 2.05) is 42.5 Å². The molecule has 0 aromatic heterocycles. The Hall–Kier alpha value is -2.27. The first-order valence-electron chi connectivity index (χ1n) is 7.90. The van der Waals surface area contributed by atoms with Crippen LogP contribution in [0.2, 0.25) is 0 Å². The highest BCUT2D eigenvalue weighted by atomic mass is 32.2. The summed E-state index contributed by atoms with van der Waals surface area (Å²) in [5, 5.41) is 5.92. The van der Waals surface area contributed by atoms with Gasteiger partial charge in [-0.25, -0.2) is 0 Å². The van der Waals surface area contributed by atoms with Gasteiger partial charge >= 0.3 is 0 Å². The molecular weight excluding hydrogens is 320 g/mol. The van der Waals surface area contributed by atoms with Gasteiger partial charge in [0.2, 0.25) is 5.91 Å². The van der Waals surface area contributed by atoms with Crippen molar-refractivity contribution in [2.45, 2.75) is 30.5 Å². The molecule has 0 saturated carbocycles. The van der Waals surface area contributed by atoms with Gasteiger partial charge in [0.15, 0.2) is 0 Å². The van der Waals surface area contributed by atoms with Crippen molar-refractivity contribution >= 4 is 23.6 Å². The number of carbonyl (C=O) groups is 2. The Morgan fingerprint density at radius 1 is 0.958 bits per heavy atom. The van der Waals surface area contributed by atoms with Gasteiger partial charge in [-0.3, -0.25) is 9.59 Å². The Bertz CT molecular complexity index is 670. The molecule has 2 rings (SSSR count). The molecular formula is C19H22N2O2S. The summed E-state index contributed by atoms with van der Waals surface area (Å²) in [5.41, 5.74) is 1.58. The molecule has 0 radical (unpaired) electrons. The summed E-state index contributed by atoms with van der Waals surface area (Å²) in [4.78, 5) is 25.0. The van der Waals surface area contributed by atoms with E-state index in [0.717, 1.165) is 10.5 Å². The van der Waals surface area contributed by atoms with Gasteiger partial charge < -0.3 is 10.6 Å². The molecule has 0 atom stereocenters. The van der Waals surface area contributed by atoms with E-state index in [1.54, 1.807) is 23.9 Å². The summed E-state index contributed by atoms with van der Waals surface area (Å²) >= 11 is 1.75. The van der Waals surface area contributed by atoms with Crippen LogP contribution in [0.5, 0.6) is 0 Å². The largest absolute Gasteiger partial charge is 0.350 e. The van der Waals surface area contributed by atoms with Gasteiger partial charge in [0.25, 0.3) is 5.91 Å². The van der Waals surface area contributed by atoms with Crippen LogP contribution in [0.25, 0.3) is 0 Å². The monoisotopic (exact) mass is 342 g/mol. The van der Waals surface area contributed by atoms with E-state index in [2.05, 4.69) is 24.5 Å². The van der Waals surface area contributed by atoms with Gasteiger partial charge in [-0.1, -0.05) is 44.2 Å². The molecule has 0 saturated heterocycles. The van der Waals surface area contributed by atoms with Crippen molar-refractivity contribution in [1.29, 1.82) is 0 Å². The molecule has 4 nitrogen and oxygen atoms in total. The smallest absolute Gasteiger partial charge is 0.251 e. The van der Waals surface area contributed by atoms with Crippen LogP contribution in [0, 0.1) is 0 Å². The predicted molar refractivity (Wildman–Crippen MR) is 98.1 cm³/mol. The first kappa shape index (κ1) is 18.1. The third-order valence-electron chi connectivity index (χ3n) is 3.23. The van der Waals surface area contributed by atoms with Crippen LogP contribution >= 0.6 is 11.8 Å². The van der Waals surface area contributed by atoms with E-state index in [1.165, 1.54) is 0 Å². The Balaban J connectivity index is 1.76. The summed E-state index contributed by atoms with van der Waals surface area (Å²) in [7, 11) is 0. The third kappa shape index (κ3) is 6.08. The van der Waals surface area contributed by atoms with E-state index in [-0.39, 0.29) is 18.4 Å². The first-order valence-corrected chi connectivity index (χ1v) is 8.78. The number of nitrogens with one attached hydrogen (secondary N) is 2. The molecule has 0 aliphatic rings. The summed E-state index contributed by atoms with van der Waals surface area (Å²) in [6.45, 7) is 4.67. The minimum absolute atomic E-state index is 0.0336. The van der Waals surface area contributed by atoms with E-state index >= 15 is 0 Å². The molecule has 0 heterocycles. The second kappa shape index (κ2) is 9.13. The lowest BCUT2D eigenvalue weighted by Crippen LogP contribution is -2.36. The molecule has 2 N–H and O–H groups in total. The summed E-state index contributed by atoms with van der Waals surface area (Å²) in [6.07, 6.45) is 0.